The molecule has 1 amide bonds. The van der Waals surface area contributed by atoms with E-state index < -0.39 is 17.7 Å². The van der Waals surface area contributed by atoms with Crippen molar-refractivity contribution in [2.45, 2.75) is 6.42 Å². The first-order chi connectivity index (χ1) is 9.58. The molecule has 0 aromatic heterocycles. The smallest absolute Gasteiger partial charge is 0.307 e. The average Bonchev–Trinajstić information content (AvgIpc) is 2.45. The van der Waals surface area contributed by atoms with Gasteiger partial charge in [0.25, 0.3) is 5.91 Å². The first-order valence-corrected chi connectivity index (χ1v) is 5.82. The fourth-order valence-corrected chi connectivity index (χ4v) is 1.42. The summed E-state index contributed by atoms with van der Waals surface area (Å²) in [5.41, 5.74) is 0.354. The zero-order valence-corrected chi connectivity index (χ0v) is 10.9. The normalized spacial score (nSPS) is 9.35. The Bertz CT molecular complexity index is 560. The Kier molecular flexibility index (Phi) is 6.20. The van der Waals surface area contributed by atoms with Crippen LogP contribution in [0.1, 0.15) is 22.3 Å². The quantitative estimate of drug-likeness (QED) is 0.620. The molecule has 0 unspecified atom stereocenters. The van der Waals surface area contributed by atoms with Crippen LogP contribution in [0.5, 0.6) is 0 Å². The van der Waals surface area contributed by atoms with E-state index in [9.17, 15) is 14.0 Å². The maximum atomic E-state index is 13.2. The average molecular weight is 279 g/mol. The van der Waals surface area contributed by atoms with E-state index in [2.05, 4.69) is 21.9 Å². The van der Waals surface area contributed by atoms with Gasteiger partial charge in [-0.25, -0.2) is 4.39 Å². The molecule has 106 valence electrons. The summed E-state index contributed by atoms with van der Waals surface area (Å²) in [6, 6.07) is 3.58. The molecule has 0 aliphatic heterocycles. The van der Waals surface area contributed by atoms with Crippen LogP contribution in [0.4, 0.5) is 4.39 Å². The minimum absolute atomic E-state index is 0.0230. The number of aliphatic hydroxyl groups is 1. The van der Waals surface area contributed by atoms with Crippen LogP contribution < -0.4 is 5.32 Å². The van der Waals surface area contributed by atoms with Gasteiger partial charge >= 0.3 is 5.97 Å². The van der Waals surface area contributed by atoms with Gasteiger partial charge in [-0.2, -0.15) is 0 Å². The van der Waals surface area contributed by atoms with Crippen molar-refractivity contribution >= 4 is 11.9 Å². The van der Waals surface area contributed by atoms with Crippen LogP contribution in [-0.2, 0) is 9.53 Å². The summed E-state index contributed by atoms with van der Waals surface area (Å²) in [6.45, 7) is -0.282. The van der Waals surface area contributed by atoms with E-state index in [1.54, 1.807) is 0 Å². The topological polar surface area (TPSA) is 75.6 Å². The zero-order chi connectivity index (χ0) is 15.0. The number of nitrogens with one attached hydrogen (secondary N) is 1. The van der Waals surface area contributed by atoms with Crippen molar-refractivity contribution in [2.24, 2.45) is 0 Å². The first kappa shape index (κ1) is 15.7. The molecule has 1 rings (SSSR count). The number of halogens is 1. The van der Waals surface area contributed by atoms with E-state index in [0.717, 1.165) is 6.07 Å². The molecule has 0 saturated heterocycles. The third kappa shape index (κ3) is 4.71. The molecule has 6 heteroatoms. The highest BCUT2D eigenvalue weighted by molar-refractivity contribution is 5.96. The third-order valence-corrected chi connectivity index (χ3v) is 2.37. The molecule has 1 aromatic carbocycles. The molecule has 0 atom stereocenters. The molecule has 0 fully saturated rings. The highest BCUT2D eigenvalue weighted by Gasteiger charge is 2.12. The van der Waals surface area contributed by atoms with Crippen LogP contribution in [0.15, 0.2) is 18.2 Å². The number of benzene rings is 1. The van der Waals surface area contributed by atoms with Crippen LogP contribution >= 0.6 is 0 Å². The minimum atomic E-state index is -0.572. The van der Waals surface area contributed by atoms with Gasteiger partial charge in [-0.1, -0.05) is 11.8 Å². The van der Waals surface area contributed by atoms with Crippen LogP contribution in [0.3, 0.4) is 0 Å². The summed E-state index contributed by atoms with van der Waals surface area (Å²) in [4.78, 5) is 22.8. The number of esters is 1. The van der Waals surface area contributed by atoms with Crippen molar-refractivity contribution in [3.05, 3.63) is 35.1 Å². The van der Waals surface area contributed by atoms with E-state index in [0.29, 0.717) is 5.56 Å². The molecule has 20 heavy (non-hydrogen) atoms. The van der Waals surface area contributed by atoms with Crippen LogP contribution in [-0.4, -0.2) is 37.2 Å². The van der Waals surface area contributed by atoms with Crippen molar-refractivity contribution in [3.8, 4) is 11.8 Å². The molecule has 5 nitrogen and oxygen atoms in total. The van der Waals surface area contributed by atoms with Gasteiger partial charge in [-0.3, -0.25) is 9.59 Å². The predicted molar refractivity (Wildman–Crippen MR) is 69.3 cm³/mol. The predicted octanol–water partition coefficient (Wildman–Crippen LogP) is 0.462. The fourth-order valence-electron chi connectivity index (χ4n) is 1.42. The monoisotopic (exact) mass is 279 g/mol. The van der Waals surface area contributed by atoms with Crippen molar-refractivity contribution in [1.29, 1.82) is 0 Å². The van der Waals surface area contributed by atoms with Gasteiger partial charge in [-0.15, -0.1) is 0 Å². The third-order valence-electron chi connectivity index (χ3n) is 2.37. The summed E-state index contributed by atoms with van der Waals surface area (Å²) in [5.74, 6) is 3.38. The number of carbonyl (C=O) groups is 2. The van der Waals surface area contributed by atoms with Crippen molar-refractivity contribution in [3.63, 3.8) is 0 Å². The number of amides is 1. The molecular weight excluding hydrogens is 265 g/mol. The Morgan fingerprint density at radius 2 is 2.20 bits per heavy atom. The highest BCUT2D eigenvalue weighted by Crippen LogP contribution is 2.10. The fraction of sp³-hybridized carbons (Fsp3) is 0.286. The largest absolute Gasteiger partial charge is 0.469 e. The van der Waals surface area contributed by atoms with Crippen molar-refractivity contribution < 1.29 is 23.8 Å². The molecule has 1 aromatic rings. The molecule has 2 N–H and O–H groups in total. The Morgan fingerprint density at radius 1 is 1.45 bits per heavy atom. The lowest BCUT2D eigenvalue weighted by Crippen LogP contribution is -2.27. The molecule has 0 aliphatic carbocycles. The summed E-state index contributed by atoms with van der Waals surface area (Å²) >= 11 is 0. The first-order valence-electron chi connectivity index (χ1n) is 5.82. The highest BCUT2D eigenvalue weighted by atomic mass is 19.1. The zero-order valence-electron chi connectivity index (χ0n) is 10.9. The SMILES string of the molecule is COC(=O)CCNC(=O)c1cc(F)ccc1C#CCO. The molecular formula is C14H14FNO4. The van der Waals surface area contributed by atoms with Gasteiger partial charge in [0.1, 0.15) is 12.4 Å². The molecule has 0 saturated carbocycles. The van der Waals surface area contributed by atoms with Gasteiger partial charge < -0.3 is 15.2 Å². The second-order valence-electron chi connectivity index (χ2n) is 3.73. The molecule has 0 bridgehead atoms. The molecule has 0 radical (unpaired) electrons. The van der Waals surface area contributed by atoms with Crippen LogP contribution in [0, 0.1) is 17.7 Å². The molecule has 0 aliphatic rings. The Hall–Kier alpha value is -2.39. The van der Waals surface area contributed by atoms with Gasteiger partial charge in [0, 0.05) is 12.1 Å². The number of hydrogen-bond acceptors (Lipinski definition) is 4. The summed E-state index contributed by atoms with van der Waals surface area (Å²) in [7, 11) is 1.25. The van der Waals surface area contributed by atoms with Gasteiger partial charge in [-0.05, 0) is 18.2 Å². The lowest BCUT2D eigenvalue weighted by molar-refractivity contribution is -0.140. The second-order valence-corrected chi connectivity index (χ2v) is 3.73. The second kappa shape index (κ2) is 7.92. The van der Waals surface area contributed by atoms with E-state index >= 15 is 0 Å². The molecule has 0 heterocycles. The van der Waals surface area contributed by atoms with E-state index in [4.69, 9.17) is 5.11 Å². The Labute approximate surface area is 115 Å². The van der Waals surface area contributed by atoms with E-state index in [1.165, 1.54) is 19.2 Å². The number of carbonyl (C=O) groups excluding carboxylic acids is 2. The lowest BCUT2D eigenvalue weighted by atomic mass is 10.1. The standard InChI is InChI=1S/C14H14FNO4/c1-20-13(18)6-7-16-14(19)12-9-11(15)5-4-10(12)3-2-8-17/h4-5,9,17H,6-8H2,1H3,(H,16,19). The summed E-state index contributed by atoms with van der Waals surface area (Å²) in [6.07, 6.45) is 0.0230. The van der Waals surface area contributed by atoms with E-state index in [1.807, 2.05) is 0 Å². The van der Waals surface area contributed by atoms with Crippen LogP contribution in [0.25, 0.3) is 0 Å². The van der Waals surface area contributed by atoms with Crippen molar-refractivity contribution in [1.82, 2.24) is 5.32 Å². The van der Waals surface area contributed by atoms with Crippen LogP contribution in [0.2, 0.25) is 0 Å². The van der Waals surface area contributed by atoms with E-state index in [-0.39, 0.29) is 25.1 Å². The Morgan fingerprint density at radius 3 is 2.85 bits per heavy atom. The number of rotatable bonds is 4. The Balaban J connectivity index is 2.80. The van der Waals surface area contributed by atoms with Gasteiger partial charge in [0.15, 0.2) is 0 Å². The van der Waals surface area contributed by atoms with Crippen molar-refractivity contribution in [2.75, 3.05) is 20.3 Å². The number of methoxy groups -OCH3 is 1. The minimum Gasteiger partial charge on any atom is -0.469 e. The maximum Gasteiger partial charge on any atom is 0.307 e. The summed E-state index contributed by atoms with van der Waals surface area (Å²) < 4.78 is 17.6. The number of ether oxygens (including phenoxy) is 1. The number of aliphatic hydroxyl groups excluding tert-OH is 1. The molecule has 0 spiro atoms. The lowest BCUT2D eigenvalue weighted by Gasteiger charge is -2.06. The van der Waals surface area contributed by atoms with Gasteiger partial charge in [0.2, 0.25) is 0 Å². The number of hydrogen-bond donors (Lipinski definition) is 2. The van der Waals surface area contributed by atoms with Gasteiger partial charge in [0.05, 0.1) is 19.1 Å². The maximum absolute atomic E-state index is 13.2. The summed E-state index contributed by atoms with van der Waals surface area (Å²) in [5, 5.41) is 11.1.